The van der Waals surface area contributed by atoms with E-state index in [9.17, 15) is 26.7 Å². The molecule has 0 heterocycles. The molecular weight excluding hydrogens is 251 g/mol. The van der Waals surface area contributed by atoms with E-state index in [1.165, 1.54) is 6.92 Å². The van der Waals surface area contributed by atoms with Crippen molar-refractivity contribution in [1.82, 2.24) is 0 Å². The lowest BCUT2D eigenvalue weighted by molar-refractivity contribution is -0.207. The summed E-state index contributed by atoms with van der Waals surface area (Å²) >= 11 is 0. The van der Waals surface area contributed by atoms with Gasteiger partial charge in [-0.1, -0.05) is 6.92 Å². The fourth-order valence-electron chi connectivity index (χ4n) is 0.841. The summed E-state index contributed by atoms with van der Waals surface area (Å²) in [5.74, 6) is -2.30. The maximum atomic E-state index is 11.8. The highest BCUT2D eigenvalue weighted by Gasteiger charge is 2.42. The van der Waals surface area contributed by atoms with Gasteiger partial charge in [-0.15, -0.1) is 0 Å². The summed E-state index contributed by atoms with van der Waals surface area (Å²) in [4.78, 5) is 10.5. The van der Waals surface area contributed by atoms with Crippen molar-refractivity contribution in [3.63, 3.8) is 0 Å². The Morgan fingerprint density at radius 1 is 1.29 bits per heavy atom. The van der Waals surface area contributed by atoms with Crippen LogP contribution in [0, 0.1) is 0 Å². The highest BCUT2D eigenvalue weighted by Crippen LogP contribution is 2.18. The third-order valence-corrected chi connectivity index (χ3v) is 1.74. The van der Waals surface area contributed by atoms with Crippen molar-refractivity contribution >= 4 is 5.97 Å². The van der Waals surface area contributed by atoms with E-state index in [1.807, 2.05) is 0 Å². The van der Waals surface area contributed by atoms with Crippen LogP contribution in [0.1, 0.15) is 19.8 Å². The van der Waals surface area contributed by atoms with E-state index < -0.39 is 31.1 Å². The monoisotopic (exact) mass is 264 g/mol. The molecule has 0 saturated heterocycles. The molecule has 17 heavy (non-hydrogen) atoms. The number of halogens is 5. The Balaban J connectivity index is 3.89. The van der Waals surface area contributed by atoms with Crippen LogP contribution in [-0.4, -0.2) is 37.9 Å². The van der Waals surface area contributed by atoms with Crippen molar-refractivity contribution in [3.05, 3.63) is 0 Å². The fourth-order valence-corrected chi connectivity index (χ4v) is 0.841. The highest BCUT2D eigenvalue weighted by molar-refractivity contribution is 5.75. The largest absolute Gasteiger partial charge is 0.490 e. The van der Waals surface area contributed by atoms with Crippen molar-refractivity contribution in [1.29, 1.82) is 0 Å². The zero-order valence-corrected chi connectivity index (χ0v) is 9.10. The van der Waals surface area contributed by atoms with Gasteiger partial charge in [-0.25, -0.2) is 13.6 Å². The molecule has 0 aromatic heterocycles. The minimum absolute atomic E-state index is 0.108. The van der Waals surface area contributed by atoms with Crippen LogP contribution in [0.2, 0.25) is 0 Å². The topological polar surface area (TPSA) is 35.5 Å². The Labute approximate surface area is 94.9 Å². The molecule has 0 fully saturated rings. The number of carbonyl (C=O) groups excluding carboxylic acids is 1. The molecule has 0 aromatic carbocycles. The van der Waals surface area contributed by atoms with Crippen LogP contribution in [0.25, 0.3) is 0 Å². The zero-order valence-electron chi connectivity index (χ0n) is 9.10. The van der Waals surface area contributed by atoms with E-state index in [0.29, 0.717) is 0 Å². The molecule has 0 spiro atoms. The Morgan fingerprint density at radius 2 is 1.88 bits per heavy atom. The molecule has 0 aromatic rings. The summed E-state index contributed by atoms with van der Waals surface area (Å²) < 4.78 is 67.6. The van der Waals surface area contributed by atoms with Crippen molar-refractivity contribution in [2.45, 2.75) is 38.5 Å². The lowest BCUT2D eigenvalue weighted by Crippen LogP contribution is -2.32. The van der Waals surface area contributed by atoms with E-state index in [0.717, 1.165) is 0 Å². The van der Waals surface area contributed by atoms with Crippen molar-refractivity contribution in [2.75, 3.05) is 13.2 Å². The molecule has 102 valence electrons. The summed E-state index contributed by atoms with van der Waals surface area (Å²) in [5.41, 5.74) is 0. The molecule has 0 aliphatic carbocycles. The predicted octanol–water partition coefficient (Wildman–Crippen LogP) is 2.54. The van der Waals surface area contributed by atoms with Gasteiger partial charge in [0, 0.05) is 6.42 Å². The van der Waals surface area contributed by atoms with Gasteiger partial charge in [0.15, 0.2) is 0 Å². The number of hydrogen-bond acceptors (Lipinski definition) is 3. The minimum Gasteiger partial charge on any atom is -0.453 e. The molecule has 0 radical (unpaired) electrons. The summed E-state index contributed by atoms with van der Waals surface area (Å²) in [6.07, 6.45) is -9.08. The maximum Gasteiger partial charge on any atom is 0.490 e. The van der Waals surface area contributed by atoms with Gasteiger partial charge in [0.25, 0.3) is 0 Å². The lowest BCUT2D eigenvalue weighted by Gasteiger charge is -2.17. The zero-order chi connectivity index (χ0) is 13.5. The SMILES string of the molecule is CCC(COCCC(F)F)OC(=O)C(F)(F)F. The fraction of sp³-hybridized carbons (Fsp3) is 0.889. The van der Waals surface area contributed by atoms with Gasteiger partial charge in [0.2, 0.25) is 6.43 Å². The lowest BCUT2D eigenvalue weighted by atomic mass is 10.3. The number of ether oxygens (including phenoxy) is 2. The van der Waals surface area contributed by atoms with Gasteiger partial charge in [-0.2, -0.15) is 13.2 Å². The van der Waals surface area contributed by atoms with Crippen LogP contribution in [0.3, 0.4) is 0 Å². The molecule has 0 aliphatic rings. The Hall–Kier alpha value is -0.920. The van der Waals surface area contributed by atoms with Gasteiger partial charge in [0.1, 0.15) is 6.10 Å². The molecular formula is C9H13F5O3. The average Bonchev–Trinajstić information content (AvgIpc) is 2.20. The third-order valence-electron chi connectivity index (χ3n) is 1.74. The van der Waals surface area contributed by atoms with Crippen LogP contribution < -0.4 is 0 Å². The molecule has 3 nitrogen and oxygen atoms in total. The Morgan fingerprint density at radius 3 is 2.29 bits per heavy atom. The van der Waals surface area contributed by atoms with Crippen LogP contribution in [0.5, 0.6) is 0 Å². The van der Waals surface area contributed by atoms with Crippen molar-refractivity contribution in [2.24, 2.45) is 0 Å². The summed E-state index contributed by atoms with van der Waals surface area (Å²) in [7, 11) is 0. The molecule has 0 rings (SSSR count). The first-order chi connectivity index (χ1) is 7.77. The first-order valence-electron chi connectivity index (χ1n) is 4.91. The van der Waals surface area contributed by atoms with Crippen LogP contribution >= 0.6 is 0 Å². The second-order valence-corrected chi connectivity index (χ2v) is 3.19. The summed E-state index contributed by atoms with van der Waals surface area (Å²) in [6.45, 7) is 0.869. The van der Waals surface area contributed by atoms with E-state index in [4.69, 9.17) is 0 Å². The molecule has 0 saturated carbocycles. The standard InChI is InChI=1S/C9H13F5O3/c1-2-6(5-16-4-3-7(10)11)17-8(15)9(12,13)14/h6-7H,2-5H2,1H3. The number of esters is 1. The highest BCUT2D eigenvalue weighted by atomic mass is 19.4. The third kappa shape index (κ3) is 7.89. The van der Waals surface area contributed by atoms with Gasteiger partial charge in [0.05, 0.1) is 13.2 Å². The second-order valence-electron chi connectivity index (χ2n) is 3.19. The Kier molecular flexibility index (Phi) is 7.01. The van der Waals surface area contributed by atoms with Crippen molar-refractivity contribution < 1.29 is 36.2 Å². The molecule has 0 bridgehead atoms. The molecule has 0 N–H and O–H groups in total. The molecule has 8 heteroatoms. The first kappa shape index (κ1) is 16.1. The van der Waals surface area contributed by atoms with Crippen LogP contribution in [-0.2, 0) is 14.3 Å². The van der Waals surface area contributed by atoms with E-state index in [-0.39, 0.29) is 19.6 Å². The van der Waals surface area contributed by atoms with Gasteiger partial charge < -0.3 is 9.47 Å². The second kappa shape index (κ2) is 7.41. The normalized spacial score (nSPS) is 13.8. The number of carbonyl (C=O) groups is 1. The number of alkyl halides is 5. The molecule has 1 unspecified atom stereocenters. The molecule has 1 atom stereocenters. The average molecular weight is 264 g/mol. The van der Waals surface area contributed by atoms with Gasteiger partial charge >= 0.3 is 12.1 Å². The van der Waals surface area contributed by atoms with Gasteiger partial charge in [-0.05, 0) is 6.42 Å². The first-order valence-corrected chi connectivity index (χ1v) is 4.91. The number of rotatable bonds is 7. The van der Waals surface area contributed by atoms with E-state index >= 15 is 0 Å². The maximum absolute atomic E-state index is 11.8. The van der Waals surface area contributed by atoms with Crippen LogP contribution in [0.15, 0.2) is 0 Å². The summed E-state index contributed by atoms with van der Waals surface area (Å²) in [6, 6.07) is 0. The predicted molar refractivity (Wildman–Crippen MR) is 47.7 cm³/mol. The summed E-state index contributed by atoms with van der Waals surface area (Å²) in [5, 5.41) is 0. The van der Waals surface area contributed by atoms with Gasteiger partial charge in [-0.3, -0.25) is 0 Å². The Bertz CT molecular complexity index is 229. The smallest absolute Gasteiger partial charge is 0.453 e. The van der Waals surface area contributed by atoms with Crippen molar-refractivity contribution in [3.8, 4) is 0 Å². The molecule has 0 amide bonds. The minimum atomic E-state index is -5.06. The van der Waals surface area contributed by atoms with E-state index in [2.05, 4.69) is 9.47 Å². The van der Waals surface area contributed by atoms with Crippen LogP contribution in [0.4, 0.5) is 22.0 Å². The molecule has 0 aliphatic heterocycles. The van der Waals surface area contributed by atoms with E-state index in [1.54, 1.807) is 0 Å². The quantitative estimate of drug-likeness (QED) is 0.402. The number of hydrogen-bond donors (Lipinski definition) is 0.